The molecule has 0 radical (unpaired) electrons. The van der Waals surface area contributed by atoms with Crippen molar-refractivity contribution in [2.45, 2.75) is 25.7 Å². The SMILES string of the molecule is O=C(O)CCCOc1cccc2ccccc12.O=C(O)CCCOc1ccccc1. The number of aliphatic carboxylic acids is 2. The fourth-order valence-corrected chi connectivity index (χ4v) is 2.66. The van der Waals surface area contributed by atoms with Gasteiger partial charge >= 0.3 is 11.9 Å². The molecule has 0 aromatic heterocycles. The van der Waals surface area contributed by atoms with Crippen LogP contribution < -0.4 is 9.47 Å². The van der Waals surface area contributed by atoms with Crippen LogP contribution in [0.4, 0.5) is 0 Å². The highest BCUT2D eigenvalue weighted by Crippen LogP contribution is 2.25. The molecule has 0 saturated heterocycles. The first kappa shape index (κ1) is 22.7. The molecular weight excluding hydrogens is 384 g/mol. The van der Waals surface area contributed by atoms with Crippen molar-refractivity contribution >= 4 is 22.7 Å². The first-order valence-electron chi connectivity index (χ1n) is 9.78. The van der Waals surface area contributed by atoms with Crippen molar-refractivity contribution in [2.24, 2.45) is 0 Å². The van der Waals surface area contributed by atoms with Crippen molar-refractivity contribution in [1.29, 1.82) is 0 Å². The van der Waals surface area contributed by atoms with Crippen molar-refractivity contribution in [3.8, 4) is 11.5 Å². The van der Waals surface area contributed by atoms with Crippen LogP contribution >= 0.6 is 0 Å². The molecule has 0 spiro atoms. The van der Waals surface area contributed by atoms with E-state index in [1.807, 2.05) is 72.8 Å². The summed E-state index contributed by atoms with van der Waals surface area (Å²) in [6, 6.07) is 23.2. The van der Waals surface area contributed by atoms with Crippen molar-refractivity contribution in [3.05, 3.63) is 72.8 Å². The van der Waals surface area contributed by atoms with E-state index in [-0.39, 0.29) is 12.8 Å². The van der Waals surface area contributed by atoms with Gasteiger partial charge in [0.15, 0.2) is 0 Å². The van der Waals surface area contributed by atoms with Crippen LogP contribution in [0.25, 0.3) is 10.8 Å². The van der Waals surface area contributed by atoms with Gasteiger partial charge < -0.3 is 19.7 Å². The summed E-state index contributed by atoms with van der Waals surface area (Å²) in [5.41, 5.74) is 0. The lowest BCUT2D eigenvalue weighted by Gasteiger charge is -2.08. The summed E-state index contributed by atoms with van der Waals surface area (Å²) >= 11 is 0. The third kappa shape index (κ3) is 8.65. The van der Waals surface area contributed by atoms with E-state index in [2.05, 4.69) is 0 Å². The van der Waals surface area contributed by atoms with E-state index in [1.165, 1.54) is 0 Å². The number of benzene rings is 3. The third-order valence-electron chi connectivity index (χ3n) is 4.09. The number of fused-ring (bicyclic) bond motifs is 1. The quantitative estimate of drug-likeness (QED) is 0.456. The van der Waals surface area contributed by atoms with Crippen LogP contribution in [0, 0.1) is 0 Å². The van der Waals surface area contributed by atoms with Gasteiger partial charge in [-0.25, -0.2) is 0 Å². The van der Waals surface area contributed by atoms with Crippen LogP contribution in [0.1, 0.15) is 25.7 Å². The van der Waals surface area contributed by atoms with Gasteiger partial charge in [0.2, 0.25) is 0 Å². The number of ether oxygens (including phenoxy) is 2. The molecule has 0 atom stereocenters. The van der Waals surface area contributed by atoms with Gasteiger partial charge in [-0.1, -0.05) is 54.6 Å². The molecule has 0 fully saturated rings. The topological polar surface area (TPSA) is 93.1 Å². The number of hydrogen-bond donors (Lipinski definition) is 2. The summed E-state index contributed by atoms with van der Waals surface area (Å²) < 4.78 is 10.9. The summed E-state index contributed by atoms with van der Waals surface area (Å²) in [6.07, 6.45) is 1.38. The molecule has 3 rings (SSSR count). The van der Waals surface area contributed by atoms with E-state index in [1.54, 1.807) is 0 Å². The Kier molecular flexibility index (Phi) is 9.73. The monoisotopic (exact) mass is 410 g/mol. The molecule has 0 heterocycles. The predicted molar refractivity (Wildman–Crippen MR) is 115 cm³/mol. The highest BCUT2D eigenvalue weighted by Gasteiger charge is 2.02. The number of rotatable bonds is 10. The highest BCUT2D eigenvalue weighted by atomic mass is 16.5. The second-order valence-electron chi connectivity index (χ2n) is 6.48. The van der Waals surface area contributed by atoms with Gasteiger partial charge in [-0.2, -0.15) is 0 Å². The molecule has 0 saturated carbocycles. The average molecular weight is 410 g/mol. The van der Waals surface area contributed by atoms with E-state index in [0.717, 1.165) is 22.3 Å². The normalized spacial score (nSPS) is 10.0. The smallest absolute Gasteiger partial charge is 0.303 e. The molecule has 6 heteroatoms. The molecule has 3 aromatic rings. The highest BCUT2D eigenvalue weighted by molar-refractivity contribution is 5.88. The van der Waals surface area contributed by atoms with Gasteiger partial charge in [0, 0.05) is 18.2 Å². The number of para-hydroxylation sites is 1. The van der Waals surface area contributed by atoms with Gasteiger partial charge in [0.25, 0.3) is 0 Å². The van der Waals surface area contributed by atoms with Crippen molar-refractivity contribution in [3.63, 3.8) is 0 Å². The fourth-order valence-electron chi connectivity index (χ4n) is 2.66. The van der Waals surface area contributed by atoms with E-state index >= 15 is 0 Å². The van der Waals surface area contributed by atoms with Gasteiger partial charge in [0.1, 0.15) is 11.5 Å². The van der Waals surface area contributed by atoms with Crippen LogP contribution in [-0.4, -0.2) is 35.4 Å². The van der Waals surface area contributed by atoms with Crippen LogP contribution in [0.15, 0.2) is 72.8 Å². The Morgan fingerprint density at radius 1 is 0.667 bits per heavy atom. The molecule has 3 aromatic carbocycles. The van der Waals surface area contributed by atoms with Crippen LogP contribution in [0.2, 0.25) is 0 Å². The Morgan fingerprint density at radius 2 is 1.23 bits per heavy atom. The second-order valence-corrected chi connectivity index (χ2v) is 6.48. The lowest BCUT2D eigenvalue weighted by molar-refractivity contribution is -0.138. The maximum absolute atomic E-state index is 10.4. The van der Waals surface area contributed by atoms with E-state index in [4.69, 9.17) is 19.7 Å². The largest absolute Gasteiger partial charge is 0.494 e. The average Bonchev–Trinajstić information content (AvgIpc) is 2.75. The minimum atomic E-state index is -0.786. The Bertz CT molecular complexity index is 918. The fraction of sp³-hybridized carbons (Fsp3) is 0.250. The van der Waals surface area contributed by atoms with Gasteiger partial charge in [0.05, 0.1) is 13.2 Å². The summed E-state index contributed by atoms with van der Waals surface area (Å²) in [4.78, 5) is 20.5. The summed E-state index contributed by atoms with van der Waals surface area (Å²) in [5, 5.41) is 19.1. The lowest BCUT2D eigenvalue weighted by atomic mass is 10.1. The third-order valence-corrected chi connectivity index (χ3v) is 4.09. The Labute approximate surface area is 175 Å². The Morgan fingerprint density at radius 3 is 1.90 bits per heavy atom. The number of carbonyl (C=O) groups is 2. The molecule has 0 unspecified atom stereocenters. The minimum Gasteiger partial charge on any atom is -0.494 e. The van der Waals surface area contributed by atoms with Crippen LogP contribution in [0.3, 0.4) is 0 Å². The van der Waals surface area contributed by atoms with Crippen LogP contribution in [-0.2, 0) is 9.59 Å². The van der Waals surface area contributed by atoms with Gasteiger partial charge in [-0.3, -0.25) is 9.59 Å². The molecule has 0 bridgehead atoms. The lowest BCUT2D eigenvalue weighted by Crippen LogP contribution is -2.02. The zero-order valence-electron chi connectivity index (χ0n) is 16.7. The summed E-state index contributed by atoms with van der Waals surface area (Å²) in [7, 11) is 0. The van der Waals surface area contributed by atoms with E-state index < -0.39 is 11.9 Å². The molecule has 0 amide bonds. The predicted octanol–water partition coefficient (Wildman–Crippen LogP) is 5.01. The number of carboxylic acids is 2. The molecule has 0 aliphatic heterocycles. The van der Waals surface area contributed by atoms with Gasteiger partial charge in [-0.15, -0.1) is 0 Å². The zero-order chi connectivity index (χ0) is 21.6. The van der Waals surface area contributed by atoms with Gasteiger partial charge in [-0.05, 0) is 36.4 Å². The number of hydrogen-bond acceptors (Lipinski definition) is 4. The summed E-state index contributed by atoms with van der Waals surface area (Å²) in [5.74, 6) is 0.0320. The van der Waals surface area contributed by atoms with Crippen molar-refractivity contribution in [1.82, 2.24) is 0 Å². The molecule has 30 heavy (non-hydrogen) atoms. The van der Waals surface area contributed by atoms with Crippen molar-refractivity contribution < 1.29 is 29.3 Å². The minimum absolute atomic E-state index is 0.144. The standard InChI is InChI=1S/C14H14O3.C10H12O3/c15-14(16)9-4-10-17-13-8-3-6-11-5-1-2-7-12(11)13;11-10(12)7-4-8-13-9-5-2-1-3-6-9/h1-3,5-8H,4,9-10H2,(H,15,16);1-3,5-6H,4,7-8H2,(H,11,12). The van der Waals surface area contributed by atoms with E-state index in [0.29, 0.717) is 26.1 Å². The molecular formula is C24H26O6. The zero-order valence-corrected chi connectivity index (χ0v) is 16.7. The molecule has 2 N–H and O–H groups in total. The number of carboxylic acid groups (broad SMARTS) is 2. The first-order chi connectivity index (χ1) is 14.6. The summed E-state index contributed by atoms with van der Waals surface area (Å²) in [6.45, 7) is 0.886. The maximum Gasteiger partial charge on any atom is 0.303 e. The molecule has 6 nitrogen and oxygen atoms in total. The molecule has 0 aliphatic rings. The maximum atomic E-state index is 10.4. The Balaban J connectivity index is 0.000000222. The second kappa shape index (κ2) is 12.8. The van der Waals surface area contributed by atoms with Crippen LogP contribution in [0.5, 0.6) is 11.5 Å². The molecule has 158 valence electrons. The van der Waals surface area contributed by atoms with Crippen molar-refractivity contribution in [2.75, 3.05) is 13.2 Å². The van der Waals surface area contributed by atoms with E-state index in [9.17, 15) is 9.59 Å². The Hall–Kier alpha value is -3.54. The first-order valence-corrected chi connectivity index (χ1v) is 9.78. The molecule has 0 aliphatic carbocycles.